The Morgan fingerprint density at radius 1 is 1.13 bits per heavy atom. The predicted molar refractivity (Wildman–Crippen MR) is 54.5 cm³/mol. The van der Waals surface area contributed by atoms with Gasteiger partial charge in [-0.2, -0.15) is 6.92 Å². The molecule has 2 N–H and O–H groups in total. The molecule has 0 unspecified atom stereocenters. The fraction of sp³-hybridized carbons (Fsp3) is 0. The number of benzene rings is 1. The molecule has 0 bridgehead atoms. The molecule has 6 heteroatoms. The SMILES string of the molecule is O=C(O)O.[CH2-]C(=O)c1ccc(Br)cc1.[Na+]. The zero-order chi connectivity index (χ0) is 11.1. The maximum Gasteiger partial charge on any atom is 1.00 e. The van der Waals surface area contributed by atoms with Crippen LogP contribution in [0, 0.1) is 6.92 Å². The van der Waals surface area contributed by atoms with Crippen molar-refractivity contribution in [3.8, 4) is 0 Å². The first kappa shape index (κ1) is 16.9. The fourth-order valence-electron chi connectivity index (χ4n) is 0.636. The molecular formula is C9H8BrNaO4. The minimum Gasteiger partial charge on any atom is -0.450 e. The molecule has 1 aromatic carbocycles. The van der Waals surface area contributed by atoms with Crippen LogP contribution in [0.4, 0.5) is 4.79 Å². The van der Waals surface area contributed by atoms with Crippen LogP contribution < -0.4 is 29.6 Å². The van der Waals surface area contributed by atoms with Gasteiger partial charge in [-0.1, -0.05) is 28.1 Å². The van der Waals surface area contributed by atoms with Gasteiger partial charge >= 0.3 is 35.7 Å². The number of carbonyl (C=O) groups is 2. The van der Waals surface area contributed by atoms with Gasteiger partial charge in [0.1, 0.15) is 0 Å². The first-order valence-corrected chi connectivity index (χ1v) is 4.26. The molecule has 0 heterocycles. The number of hydrogen-bond donors (Lipinski definition) is 2. The first-order chi connectivity index (χ1) is 6.43. The Bertz CT molecular complexity index is 319. The summed E-state index contributed by atoms with van der Waals surface area (Å²) in [5.74, 6) is -0.146. The molecule has 0 aliphatic heterocycles. The minimum atomic E-state index is -1.83. The molecule has 0 radical (unpaired) electrons. The molecule has 76 valence electrons. The third kappa shape index (κ3) is 9.81. The van der Waals surface area contributed by atoms with Gasteiger partial charge in [0.2, 0.25) is 0 Å². The number of Topliss-reactive ketones (excluding diaryl/α,β-unsaturated/α-hetero) is 1. The van der Waals surface area contributed by atoms with E-state index in [9.17, 15) is 4.79 Å². The fourth-order valence-corrected chi connectivity index (χ4v) is 0.900. The van der Waals surface area contributed by atoms with Gasteiger partial charge in [0.15, 0.2) is 0 Å². The Kier molecular flexibility index (Phi) is 9.92. The van der Waals surface area contributed by atoms with Crippen molar-refractivity contribution >= 4 is 27.9 Å². The van der Waals surface area contributed by atoms with Gasteiger partial charge in [0.25, 0.3) is 0 Å². The van der Waals surface area contributed by atoms with Crippen LogP contribution in [-0.2, 0) is 0 Å². The number of halogens is 1. The predicted octanol–water partition coefficient (Wildman–Crippen LogP) is -0.308. The molecule has 0 saturated carbocycles. The van der Waals surface area contributed by atoms with E-state index in [1.54, 1.807) is 12.1 Å². The topological polar surface area (TPSA) is 74.6 Å². The van der Waals surface area contributed by atoms with Crippen LogP contribution in [0.25, 0.3) is 0 Å². The largest absolute Gasteiger partial charge is 1.00 e. The Hall–Kier alpha value is -0.490. The second-order valence-corrected chi connectivity index (χ2v) is 3.13. The number of carbonyl (C=O) groups excluding carboxylic acids is 1. The van der Waals surface area contributed by atoms with Gasteiger partial charge in [-0.15, -0.1) is 17.7 Å². The van der Waals surface area contributed by atoms with Gasteiger partial charge in [-0.05, 0) is 0 Å². The average molecular weight is 283 g/mol. The smallest absolute Gasteiger partial charge is 0.450 e. The summed E-state index contributed by atoms with van der Waals surface area (Å²) in [6.45, 7) is 3.28. The molecule has 0 aliphatic rings. The Balaban J connectivity index is 0. The third-order valence-corrected chi connectivity index (χ3v) is 1.69. The molecule has 0 fully saturated rings. The number of hydrogen-bond acceptors (Lipinski definition) is 2. The molecule has 0 spiro atoms. The van der Waals surface area contributed by atoms with Gasteiger partial charge in [-0.3, -0.25) is 0 Å². The number of carboxylic acid groups (broad SMARTS) is 2. The minimum absolute atomic E-state index is 0. The summed E-state index contributed by atoms with van der Waals surface area (Å²) in [6.07, 6.45) is -1.83. The van der Waals surface area contributed by atoms with Crippen molar-refractivity contribution in [2.75, 3.05) is 0 Å². The zero-order valence-corrected chi connectivity index (χ0v) is 11.7. The summed E-state index contributed by atoms with van der Waals surface area (Å²) in [5.41, 5.74) is 0.642. The van der Waals surface area contributed by atoms with E-state index in [1.165, 1.54) is 0 Å². The van der Waals surface area contributed by atoms with Crippen LogP contribution in [-0.4, -0.2) is 22.2 Å². The molecule has 0 aromatic heterocycles. The second-order valence-electron chi connectivity index (χ2n) is 2.21. The number of rotatable bonds is 1. The molecule has 0 saturated heterocycles. The van der Waals surface area contributed by atoms with E-state index in [4.69, 9.17) is 15.0 Å². The maximum atomic E-state index is 10.6. The van der Waals surface area contributed by atoms with E-state index >= 15 is 0 Å². The number of ketones is 1. The van der Waals surface area contributed by atoms with Gasteiger partial charge in [-0.25, -0.2) is 4.79 Å². The van der Waals surface area contributed by atoms with E-state index in [0.29, 0.717) is 5.56 Å². The molecule has 15 heavy (non-hydrogen) atoms. The van der Waals surface area contributed by atoms with Crippen molar-refractivity contribution in [1.29, 1.82) is 0 Å². The van der Waals surface area contributed by atoms with E-state index < -0.39 is 6.16 Å². The quantitative estimate of drug-likeness (QED) is 0.421. The van der Waals surface area contributed by atoms with E-state index in [-0.39, 0.29) is 35.3 Å². The van der Waals surface area contributed by atoms with E-state index in [2.05, 4.69) is 22.9 Å². The van der Waals surface area contributed by atoms with Gasteiger partial charge < -0.3 is 15.0 Å². The summed E-state index contributed by atoms with van der Waals surface area (Å²) >= 11 is 3.26. The monoisotopic (exact) mass is 282 g/mol. The van der Waals surface area contributed by atoms with Crippen molar-refractivity contribution in [1.82, 2.24) is 0 Å². The molecule has 1 aromatic rings. The second kappa shape index (κ2) is 8.79. The van der Waals surface area contributed by atoms with Crippen LogP contribution >= 0.6 is 15.9 Å². The average Bonchev–Trinajstić information content (AvgIpc) is 2.03. The standard InChI is InChI=1S/C8H6BrO.CH2O3.Na/c1-6(10)7-2-4-8(9)5-3-7;2-1(3)4;/h2-5H,1H2;(H2,2,3,4);/q-1;;+1. The van der Waals surface area contributed by atoms with Crippen molar-refractivity contribution < 1.29 is 49.4 Å². The van der Waals surface area contributed by atoms with Crippen molar-refractivity contribution in [3.63, 3.8) is 0 Å². The third-order valence-electron chi connectivity index (χ3n) is 1.17. The van der Waals surface area contributed by atoms with Crippen molar-refractivity contribution in [2.24, 2.45) is 0 Å². The molecule has 4 nitrogen and oxygen atoms in total. The Morgan fingerprint density at radius 2 is 1.47 bits per heavy atom. The first-order valence-electron chi connectivity index (χ1n) is 3.47. The van der Waals surface area contributed by atoms with Crippen LogP contribution in [0.15, 0.2) is 28.7 Å². The van der Waals surface area contributed by atoms with E-state index in [0.717, 1.165) is 4.47 Å². The zero-order valence-electron chi connectivity index (χ0n) is 8.11. The van der Waals surface area contributed by atoms with Crippen LogP contribution in [0.5, 0.6) is 0 Å². The molecule has 0 atom stereocenters. The van der Waals surface area contributed by atoms with Gasteiger partial charge in [0, 0.05) is 10.3 Å². The van der Waals surface area contributed by atoms with Crippen LogP contribution in [0.2, 0.25) is 0 Å². The molecule has 1 rings (SSSR count). The molecule has 0 aliphatic carbocycles. The summed E-state index contributed by atoms with van der Waals surface area (Å²) < 4.78 is 0.970. The van der Waals surface area contributed by atoms with Crippen LogP contribution in [0.1, 0.15) is 10.4 Å². The summed E-state index contributed by atoms with van der Waals surface area (Å²) in [6, 6.07) is 7.11. The van der Waals surface area contributed by atoms with E-state index in [1.807, 2.05) is 12.1 Å². The van der Waals surface area contributed by atoms with Crippen molar-refractivity contribution in [2.45, 2.75) is 0 Å². The normalized spacial score (nSPS) is 7.80. The summed E-state index contributed by atoms with van der Waals surface area (Å²) in [5, 5.41) is 13.9. The van der Waals surface area contributed by atoms with Gasteiger partial charge in [0.05, 0.1) is 0 Å². The summed E-state index contributed by atoms with van der Waals surface area (Å²) in [7, 11) is 0. The Labute approximate surface area is 118 Å². The Morgan fingerprint density at radius 3 is 1.73 bits per heavy atom. The van der Waals surface area contributed by atoms with Crippen molar-refractivity contribution in [3.05, 3.63) is 41.2 Å². The maximum absolute atomic E-state index is 10.6. The molecular weight excluding hydrogens is 275 g/mol. The molecule has 0 amide bonds. The summed E-state index contributed by atoms with van der Waals surface area (Å²) in [4.78, 5) is 19.2. The van der Waals surface area contributed by atoms with Crippen LogP contribution in [0.3, 0.4) is 0 Å².